The van der Waals surface area contributed by atoms with E-state index in [0.717, 1.165) is 18.9 Å². The molecule has 0 atom stereocenters. The summed E-state index contributed by atoms with van der Waals surface area (Å²) in [7, 11) is 1.69. The average molecular weight is 374 g/mol. The Balaban J connectivity index is 0.000000640. The van der Waals surface area contributed by atoms with E-state index in [-0.39, 0.29) is 5.41 Å². The van der Waals surface area contributed by atoms with Gasteiger partial charge in [-0.1, -0.05) is 60.4 Å². The van der Waals surface area contributed by atoms with Crippen molar-refractivity contribution in [2.45, 2.75) is 32.6 Å². The van der Waals surface area contributed by atoms with E-state index in [0.29, 0.717) is 0 Å². The van der Waals surface area contributed by atoms with E-state index in [4.69, 9.17) is 14.6 Å². The summed E-state index contributed by atoms with van der Waals surface area (Å²) >= 11 is 0. The van der Waals surface area contributed by atoms with Crippen LogP contribution < -0.4 is 0 Å². The van der Waals surface area contributed by atoms with Crippen LogP contribution in [0.4, 0.5) is 0 Å². The lowest BCUT2D eigenvalue weighted by Gasteiger charge is -2.18. The Morgan fingerprint density at radius 1 is 1.18 bits per heavy atom. The Bertz CT molecular complexity index is 935. The Kier molecular flexibility index (Phi) is 7.23. The van der Waals surface area contributed by atoms with Crippen molar-refractivity contribution in [3.05, 3.63) is 83.1 Å². The summed E-state index contributed by atoms with van der Waals surface area (Å²) in [5, 5.41) is 7.42. The number of ether oxygens (including phenoxy) is 1. The molecular weight excluding hydrogens is 348 g/mol. The van der Waals surface area contributed by atoms with Crippen LogP contribution in [0, 0.1) is 11.8 Å². The number of fused-ring (bicyclic) bond motifs is 1. The first-order chi connectivity index (χ1) is 13.3. The molecule has 3 nitrogen and oxygen atoms in total. The smallest absolute Gasteiger partial charge is 0.300 e. The lowest BCUT2D eigenvalue weighted by atomic mass is 9.85. The minimum atomic E-state index is -0.833. The molecule has 2 aromatic rings. The molecule has 1 N–H and O–H groups in total. The average Bonchev–Trinajstić information content (AvgIpc) is 2.67. The van der Waals surface area contributed by atoms with Gasteiger partial charge in [-0.05, 0) is 54.7 Å². The Labute approximate surface area is 167 Å². The highest BCUT2D eigenvalue weighted by molar-refractivity contribution is 5.79. The number of hydrogen-bond acceptors (Lipinski definition) is 2. The van der Waals surface area contributed by atoms with Gasteiger partial charge in [0.05, 0.1) is 18.8 Å². The number of carboxylic acid groups (broad SMARTS) is 1. The minimum Gasteiger partial charge on any atom is -0.504 e. The highest BCUT2D eigenvalue weighted by Gasteiger charge is 2.17. The molecule has 28 heavy (non-hydrogen) atoms. The summed E-state index contributed by atoms with van der Waals surface area (Å²) < 4.78 is 5.22. The van der Waals surface area contributed by atoms with Crippen LogP contribution in [0.2, 0.25) is 0 Å². The normalized spacial score (nSPS) is 13.5. The maximum atomic E-state index is 9.00. The third-order valence-corrected chi connectivity index (χ3v) is 4.31. The van der Waals surface area contributed by atoms with Crippen LogP contribution >= 0.6 is 0 Å². The van der Waals surface area contributed by atoms with Crippen molar-refractivity contribution < 1.29 is 14.6 Å². The van der Waals surface area contributed by atoms with Gasteiger partial charge in [0.15, 0.2) is 0 Å². The quantitative estimate of drug-likeness (QED) is 0.557. The predicted molar refractivity (Wildman–Crippen MR) is 115 cm³/mol. The molecule has 144 valence electrons. The molecule has 0 saturated heterocycles. The summed E-state index contributed by atoms with van der Waals surface area (Å²) in [5.41, 5.74) is 5.72. The van der Waals surface area contributed by atoms with Crippen molar-refractivity contribution in [1.82, 2.24) is 0 Å². The zero-order chi connectivity index (χ0) is 20.6. The molecule has 0 fully saturated rings. The van der Waals surface area contributed by atoms with E-state index in [9.17, 15) is 0 Å². The largest absolute Gasteiger partial charge is 0.504 e. The first-order valence-electron chi connectivity index (χ1n) is 9.14. The van der Waals surface area contributed by atoms with E-state index in [2.05, 4.69) is 80.3 Å². The molecule has 0 saturated carbocycles. The molecule has 0 bridgehead atoms. The molecule has 0 aliphatic heterocycles. The molecule has 0 amide bonds. The molecule has 0 radical (unpaired) electrons. The fourth-order valence-corrected chi connectivity index (χ4v) is 2.89. The van der Waals surface area contributed by atoms with Crippen LogP contribution in [0.25, 0.3) is 11.6 Å². The molecule has 3 rings (SSSR count). The van der Waals surface area contributed by atoms with Crippen molar-refractivity contribution in [3.63, 3.8) is 0 Å². The maximum absolute atomic E-state index is 9.00. The number of benzene rings is 2. The minimum absolute atomic E-state index is 0.178. The second-order valence-corrected chi connectivity index (χ2v) is 7.05. The van der Waals surface area contributed by atoms with Crippen LogP contribution in [-0.2, 0) is 14.9 Å². The van der Waals surface area contributed by atoms with Gasteiger partial charge in [-0.3, -0.25) is 4.79 Å². The molecular formula is C25H26O3. The lowest BCUT2D eigenvalue weighted by molar-refractivity contribution is -0.134. The van der Waals surface area contributed by atoms with E-state index in [1.54, 1.807) is 7.11 Å². The monoisotopic (exact) mass is 374 g/mol. The maximum Gasteiger partial charge on any atom is 0.300 e. The summed E-state index contributed by atoms with van der Waals surface area (Å²) in [5.74, 6) is 5.95. The van der Waals surface area contributed by atoms with Crippen LogP contribution in [0.15, 0.2) is 60.9 Å². The van der Waals surface area contributed by atoms with E-state index >= 15 is 0 Å². The SMILES string of the molecule is CC(=O)O.COC=C1CC=Cc2ccc(C#CC(C)(C)c3ccccc3)cc21. The molecule has 3 heteroatoms. The Hall–Kier alpha value is -3.25. The number of carbonyl (C=O) groups is 1. The van der Waals surface area contributed by atoms with Crippen LogP contribution in [0.1, 0.15) is 49.4 Å². The van der Waals surface area contributed by atoms with Gasteiger partial charge in [-0.25, -0.2) is 0 Å². The first kappa shape index (κ1) is 21.1. The van der Waals surface area contributed by atoms with Gasteiger partial charge in [-0.2, -0.15) is 0 Å². The van der Waals surface area contributed by atoms with Crippen molar-refractivity contribution in [1.29, 1.82) is 0 Å². The van der Waals surface area contributed by atoms with Crippen LogP contribution in [0.3, 0.4) is 0 Å². The zero-order valence-corrected chi connectivity index (χ0v) is 16.8. The number of hydrogen-bond donors (Lipinski definition) is 1. The van der Waals surface area contributed by atoms with Gasteiger partial charge in [0, 0.05) is 12.5 Å². The highest BCUT2D eigenvalue weighted by Crippen LogP contribution is 2.30. The summed E-state index contributed by atoms with van der Waals surface area (Å²) in [6.45, 7) is 5.40. The number of rotatable bonds is 2. The summed E-state index contributed by atoms with van der Waals surface area (Å²) in [6, 6.07) is 16.8. The number of carboxylic acids is 1. The topological polar surface area (TPSA) is 46.5 Å². The Morgan fingerprint density at radius 2 is 1.86 bits per heavy atom. The van der Waals surface area contributed by atoms with Crippen LogP contribution in [0.5, 0.6) is 0 Å². The van der Waals surface area contributed by atoms with Crippen LogP contribution in [-0.4, -0.2) is 18.2 Å². The van der Waals surface area contributed by atoms with Gasteiger partial charge in [0.25, 0.3) is 5.97 Å². The van der Waals surface area contributed by atoms with E-state index in [1.807, 2.05) is 12.3 Å². The molecule has 0 unspecified atom stereocenters. The molecule has 1 aliphatic carbocycles. The summed E-state index contributed by atoms with van der Waals surface area (Å²) in [6.07, 6.45) is 7.05. The Morgan fingerprint density at radius 3 is 2.50 bits per heavy atom. The highest BCUT2D eigenvalue weighted by atomic mass is 16.5. The predicted octanol–water partition coefficient (Wildman–Crippen LogP) is 5.51. The van der Waals surface area contributed by atoms with E-state index in [1.165, 1.54) is 22.3 Å². The van der Waals surface area contributed by atoms with Crippen molar-refractivity contribution >= 4 is 17.6 Å². The lowest BCUT2D eigenvalue weighted by Crippen LogP contribution is -2.13. The fourth-order valence-electron chi connectivity index (χ4n) is 2.89. The molecule has 0 aromatic heterocycles. The third kappa shape index (κ3) is 5.89. The van der Waals surface area contributed by atoms with Crippen molar-refractivity contribution in [3.8, 4) is 11.8 Å². The van der Waals surface area contributed by atoms with Crippen molar-refractivity contribution in [2.24, 2.45) is 0 Å². The summed E-state index contributed by atoms with van der Waals surface area (Å²) in [4.78, 5) is 9.00. The van der Waals surface area contributed by atoms with Gasteiger partial charge >= 0.3 is 0 Å². The van der Waals surface area contributed by atoms with Gasteiger partial charge in [-0.15, -0.1) is 0 Å². The van der Waals surface area contributed by atoms with Gasteiger partial charge in [0.2, 0.25) is 0 Å². The van der Waals surface area contributed by atoms with E-state index < -0.39 is 5.97 Å². The second-order valence-electron chi connectivity index (χ2n) is 7.05. The number of aliphatic carboxylic acids is 1. The molecule has 2 aromatic carbocycles. The van der Waals surface area contributed by atoms with Crippen molar-refractivity contribution in [2.75, 3.05) is 7.11 Å². The standard InChI is InChI=1S/C23H22O.C2H4O2/c1-23(2,21-10-5-4-6-11-21)15-14-18-12-13-19-8-7-9-20(17-24-3)22(19)16-18;1-2(3)4/h4-8,10-13,16-17H,9H2,1-3H3;1H3,(H,3,4). The first-order valence-corrected chi connectivity index (χ1v) is 9.14. The third-order valence-electron chi connectivity index (χ3n) is 4.31. The molecule has 1 aliphatic rings. The fraction of sp³-hybridized carbons (Fsp3) is 0.240. The zero-order valence-electron chi connectivity index (χ0n) is 16.8. The number of allylic oxidation sites excluding steroid dienone is 2. The second kappa shape index (κ2) is 9.62. The van der Waals surface area contributed by atoms with Gasteiger partial charge in [0.1, 0.15) is 0 Å². The number of methoxy groups -OCH3 is 1. The van der Waals surface area contributed by atoms with Gasteiger partial charge < -0.3 is 9.84 Å². The molecule has 0 spiro atoms. The molecule has 0 heterocycles.